The van der Waals surface area contributed by atoms with Crippen LogP contribution in [0.1, 0.15) is 5.56 Å². The van der Waals surface area contributed by atoms with Crippen LogP contribution >= 0.6 is 0 Å². The maximum absolute atomic E-state index is 11.4. The molecule has 0 radical (unpaired) electrons. The Kier molecular flexibility index (Phi) is 3.13. The number of carbonyl (C=O) groups is 2. The minimum atomic E-state index is -0.963. The molecule has 1 heterocycles. The van der Waals surface area contributed by atoms with Gasteiger partial charge in [-0.2, -0.15) is 0 Å². The van der Waals surface area contributed by atoms with Crippen LogP contribution in [0.4, 0.5) is 4.79 Å². The lowest BCUT2D eigenvalue weighted by Crippen LogP contribution is -2.48. The lowest BCUT2D eigenvalue weighted by Gasteiger charge is -2.15. The van der Waals surface area contributed by atoms with Gasteiger partial charge in [-0.05, 0) is 0 Å². The molecule has 2 atom stereocenters. The van der Waals surface area contributed by atoms with Gasteiger partial charge in [0.1, 0.15) is 11.6 Å². The summed E-state index contributed by atoms with van der Waals surface area (Å²) in [5.74, 6) is -1.51. The minimum Gasteiger partial charge on any atom is -0.369 e. The van der Waals surface area contributed by atoms with Gasteiger partial charge in [-0.1, -0.05) is 35.5 Å². The monoisotopic (exact) mass is 248 g/mol. The van der Waals surface area contributed by atoms with Crippen LogP contribution in [-0.2, 0) is 9.63 Å². The number of primary amides is 2. The number of rotatable bonds is 3. The normalized spacial score (nSPS) is 21.9. The predicted octanol–water partition coefficient (Wildman–Crippen LogP) is -0.483. The van der Waals surface area contributed by atoms with E-state index in [0.717, 1.165) is 0 Å². The number of benzene rings is 1. The van der Waals surface area contributed by atoms with Gasteiger partial charge in [-0.25, -0.2) is 4.79 Å². The minimum absolute atomic E-state index is 0.377. The lowest BCUT2D eigenvalue weighted by molar-refractivity contribution is -0.122. The SMILES string of the molecule is NC(=O)N[C@H]1ON=C(c2ccccc2)[C@H]1C(N)=O. The highest BCUT2D eigenvalue weighted by molar-refractivity contribution is 6.13. The molecule has 0 spiro atoms. The second-order valence-corrected chi connectivity index (χ2v) is 3.76. The van der Waals surface area contributed by atoms with Gasteiger partial charge in [-0.15, -0.1) is 0 Å². The Morgan fingerprint density at radius 1 is 1.22 bits per heavy atom. The van der Waals surface area contributed by atoms with Crippen molar-refractivity contribution in [3.8, 4) is 0 Å². The fourth-order valence-corrected chi connectivity index (χ4v) is 1.75. The number of hydrogen-bond donors (Lipinski definition) is 3. The number of urea groups is 1. The van der Waals surface area contributed by atoms with Crippen LogP contribution in [0.25, 0.3) is 0 Å². The van der Waals surface area contributed by atoms with Crippen LogP contribution in [0.2, 0.25) is 0 Å². The maximum Gasteiger partial charge on any atom is 0.315 e. The fourth-order valence-electron chi connectivity index (χ4n) is 1.75. The van der Waals surface area contributed by atoms with Gasteiger partial charge in [-0.3, -0.25) is 10.1 Å². The van der Waals surface area contributed by atoms with E-state index in [1.807, 2.05) is 6.07 Å². The molecule has 1 aromatic rings. The van der Waals surface area contributed by atoms with Crippen LogP contribution in [0, 0.1) is 5.92 Å². The summed E-state index contributed by atoms with van der Waals surface area (Å²) < 4.78 is 0. The number of nitrogens with one attached hydrogen (secondary N) is 1. The average Bonchev–Trinajstić information content (AvgIpc) is 2.73. The zero-order valence-corrected chi connectivity index (χ0v) is 9.37. The molecule has 1 aromatic carbocycles. The molecule has 0 aromatic heterocycles. The van der Waals surface area contributed by atoms with Crippen molar-refractivity contribution in [2.24, 2.45) is 22.5 Å². The number of nitrogens with two attached hydrogens (primary N) is 2. The first-order chi connectivity index (χ1) is 8.59. The summed E-state index contributed by atoms with van der Waals surface area (Å²) in [4.78, 5) is 27.2. The summed E-state index contributed by atoms with van der Waals surface area (Å²) in [5, 5.41) is 6.06. The van der Waals surface area contributed by atoms with E-state index in [1.54, 1.807) is 24.3 Å². The maximum atomic E-state index is 11.4. The molecule has 18 heavy (non-hydrogen) atoms. The van der Waals surface area contributed by atoms with Gasteiger partial charge in [0.05, 0.1) is 0 Å². The highest BCUT2D eigenvalue weighted by Crippen LogP contribution is 2.21. The molecule has 0 aliphatic carbocycles. The number of oxime groups is 1. The van der Waals surface area contributed by atoms with Crippen molar-refractivity contribution < 1.29 is 14.4 Å². The summed E-state index contributed by atoms with van der Waals surface area (Å²) in [6.45, 7) is 0. The number of amides is 3. The molecule has 2 rings (SSSR count). The van der Waals surface area contributed by atoms with E-state index in [1.165, 1.54) is 0 Å². The van der Waals surface area contributed by atoms with E-state index in [4.69, 9.17) is 16.3 Å². The average molecular weight is 248 g/mol. The van der Waals surface area contributed by atoms with E-state index in [0.29, 0.717) is 11.3 Å². The Hall–Kier alpha value is -2.57. The Labute approximate surface area is 103 Å². The summed E-state index contributed by atoms with van der Waals surface area (Å²) >= 11 is 0. The molecule has 0 fully saturated rings. The second kappa shape index (κ2) is 4.74. The van der Waals surface area contributed by atoms with Gasteiger partial charge in [0.2, 0.25) is 12.1 Å². The van der Waals surface area contributed by atoms with E-state index in [2.05, 4.69) is 10.5 Å². The Balaban J connectivity index is 2.27. The van der Waals surface area contributed by atoms with Crippen molar-refractivity contribution in [1.29, 1.82) is 0 Å². The molecule has 5 N–H and O–H groups in total. The molecule has 7 heteroatoms. The van der Waals surface area contributed by atoms with Crippen LogP contribution in [0.5, 0.6) is 0 Å². The first-order valence-electron chi connectivity index (χ1n) is 5.24. The first kappa shape index (κ1) is 11.9. The van der Waals surface area contributed by atoms with Crippen molar-refractivity contribution >= 4 is 17.6 Å². The molecule has 94 valence electrons. The topological polar surface area (TPSA) is 120 Å². The van der Waals surface area contributed by atoms with Gasteiger partial charge in [0.15, 0.2) is 0 Å². The van der Waals surface area contributed by atoms with Crippen LogP contribution in [0.15, 0.2) is 35.5 Å². The lowest BCUT2D eigenvalue weighted by atomic mass is 9.95. The summed E-state index contributed by atoms with van der Waals surface area (Å²) in [6.07, 6.45) is -0.963. The molecular formula is C11H12N4O3. The van der Waals surface area contributed by atoms with Crippen LogP contribution in [0.3, 0.4) is 0 Å². The van der Waals surface area contributed by atoms with E-state index in [9.17, 15) is 9.59 Å². The molecule has 1 aliphatic heterocycles. The van der Waals surface area contributed by atoms with E-state index in [-0.39, 0.29) is 0 Å². The Morgan fingerprint density at radius 2 is 1.89 bits per heavy atom. The summed E-state index contributed by atoms with van der Waals surface area (Å²) in [5.41, 5.74) is 11.4. The van der Waals surface area contributed by atoms with Gasteiger partial charge in [0, 0.05) is 5.56 Å². The van der Waals surface area contributed by atoms with Gasteiger partial charge in [0.25, 0.3) is 0 Å². The first-order valence-corrected chi connectivity index (χ1v) is 5.24. The smallest absolute Gasteiger partial charge is 0.315 e. The molecule has 3 amide bonds. The summed E-state index contributed by atoms with van der Waals surface area (Å²) in [6, 6.07) is 8.15. The number of nitrogens with zero attached hydrogens (tertiary/aromatic N) is 1. The van der Waals surface area contributed by atoms with Crippen molar-refractivity contribution in [2.45, 2.75) is 6.23 Å². The second-order valence-electron chi connectivity index (χ2n) is 3.76. The zero-order valence-electron chi connectivity index (χ0n) is 9.37. The molecule has 1 aliphatic rings. The number of hydrogen-bond acceptors (Lipinski definition) is 4. The third kappa shape index (κ3) is 2.24. The molecule has 0 bridgehead atoms. The third-order valence-electron chi connectivity index (χ3n) is 2.52. The van der Waals surface area contributed by atoms with Crippen LogP contribution < -0.4 is 16.8 Å². The third-order valence-corrected chi connectivity index (χ3v) is 2.52. The van der Waals surface area contributed by atoms with Gasteiger partial charge >= 0.3 is 6.03 Å². The molecule has 7 nitrogen and oxygen atoms in total. The largest absolute Gasteiger partial charge is 0.369 e. The van der Waals surface area contributed by atoms with E-state index < -0.39 is 24.1 Å². The highest BCUT2D eigenvalue weighted by Gasteiger charge is 2.40. The molecule has 0 saturated heterocycles. The highest BCUT2D eigenvalue weighted by atomic mass is 16.7. The standard InChI is InChI=1S/C11H12N4O3/c12-9(16)7-8(6-4-2-1-3-5-6)15-18-10(7)14-11(13)17/h1-5,7,10H,(H2,12,16)(H3,13,14,17)/t7-,10-/m0/s1. The molecular weight excluding hydrogens is 236 g/mol. The zero-order chi connectivity index (χ0) is 13.1. The number of carbonyl (C=O) groups excluding carboxylic acids is 2. The van der Waals surface area contributed by atoms with E-state index >= 15 is 0 Å². The van der Waals surface area contributed by atoms with Crippen LogP contribution in [-0.4, -0.2) is 23.9 Å². The molecule has 0 saturated carbocycles. The van der Waals surface area contributed by atoms with Crippen molar-refractivity contribution in [1.82, 2.24) is 5.32 Å². The predicted molar refractivity (Wildman–Crippen MR) is 63.3 cm³/mol. The van der Waals surface area contributed by atoms with Crippen molar-refractivity contribution in [3.05, 3.63) is 35.9 Å². The summed E-state index contributed by atoms with van der Waals surface area (Å²) in [7, 11) is 0. The van der Waals surface area contributed by atoms with Gasteiger partial charge < -0.3 is 16.3 Å². The van der Waals surface area contributed by atoms with Crippen molar-refractivity contribution in [2.75, 3.05) is 0 Å². The van der Waals surface area contributed by atoms with Crippen molar-refractivity contribution in [3.63, 3.8) is 0 Å². The Bertz CT molecular complexity index is 500. The molecule has 0 unspecified atom stereocenters. The Morgan fingerprint density at radius 3 is 2.44 bits per heavy atom. The quantitative estimate of drug-likeness (QED) is 0.669. The fraction of sp³-hybridized carbons (Fsp3) is 0.182.